The molecule has 0 aliphatic heterocycles. The molecule has 20 heavy (non-hydrogen) atoms. The smallest absolute Gasteiger partial charge is 0.411 e. The number of carbonyl (C=O) groups is 2. The molecule has 0 atom stereocenters. The van der Waals surface area contributed by atoms with E-state index in [1.807, 2.05) is 0 Å². The Bertz CT molecular complexity index is 519. The SMILES string of the molecule is CCOC(=O)Nc1cc(C(=O)OC(C)C)c(Cl)cc1F. The average molecular weight is 304 g/mol. The van der Waals surface area contributed by atoms with Crippen LogP contribution < -0.4 is 5.32 Å². The van der Waals surface area contributed by atoms with Gasteiger partial charge in [-0.05, 0) is 32.9 Å². The highest BCUT2D eigenvalue weighted by molar-refractivity contribution is 6.33. The third kappa shape index (κ3) is 4.38. The number of hydrogen-bond donors (Lipinski definition) is 1. The van der Waals surface area contributed by atoms with Crippen molar-refractivity contribution >= 4 is 29.4 Å². The maximum absolute atomic E-state index is 13.7. The minimum atomic E-state index is -0.822. The summed E-state index contributed by atoms with van der Waals surface area (Å²) in [6, 6.07) is 2.04. The van der Waals surface area contributed by atoms with E-state index in [0.29, 0.717) is 0 Å². The van der Waals surface area contributed by atoms with Gasteiger partial charge in [0.05, 0.1) is 29.0 Å². The van der Waals surface area contributed by atoms with Crippen molar-refractivity contribution in [2.45, 2.75) is 26.9 Å². The molecule has 0 aliphatic carbocycles. The summed E-state index contributed by atoms with van der Waals surface area (Å²) in [5.74, 6) is -1.47. The summed E-state index contributed by atoms with van der Waals surface area (Å²) < 4.78 is 23.3. The van der Waals surface area contributed by atoms with Crippen LogP contribution in [0.25, 0.3) is 0 Å². The summed E-state index contributed by atoms with van der Waals surface area (Å²) in [5, 5.41) is 2.09. The van der Waals surface area contributed by atoms with E-state index in [0.717, 1.165) is 12.1 Å². The summed E-state index contributed by atoms with van der Waals surface area (Å²) in [7, 11) is 0. The largest absolute Gasteiger partial charge is 0.459 e. The van der Waals surface area contributed by atoms with E-state index in [1.54, 1.807) is 20.8 Å². The number of carbonyl (C=O) groups excluding carboxylic acids is 2. The van der Waals surface area contributed by atoms with Gasteiger partial charge in [-0.15, -0.1) is 0 Å². The molecule has 0 fully saturated rings. The average Bonchev–Trinajstić information content (AvgIpc) is 2.31. The van der Waals surface area contributed by atoms with Gasteiger partial charge in [0.25, 0.3) is 0 Å². The van der Waals surface area contributed by atoms with E-state index in [1.165, 1.54) is 0 Å². The highest BCUT2D eigenvalue weighted by Gasteiger charge is 2.18. The van der Waals surface area contributed by atoms with Gasteiger partial charge >= 0.3 is 12.1 Å². The van der Waals surface area contributed by atoms with Crippen LogP contribution in [-0.4, -0.2) is 24.8 Å². The number of rotatable bonds is 4. The predicted molar refractivity (Wildman–Crippen MR) is 72.6 cm³/mol. The third-order valence-electron chi connectivity index (χ3n) is 2.13. The van der Waals surface area contributed by atoms with Crippen molar-refractivity contribution in [2.24, 2.45) is 0 Å². The van der Waals surface area contributed by atoms with Gasteiger partial charge in [0.2, 0.25) is 0 Å². The Balaban J connectivity index is 3.03. The Morgan fingerprint density at radius 2 is 2.05 bits per heavy atom. The summed E-state index contributed by atoms with van der Waals surface area (Å²) in [6.45, 7) is 5.10. The number of benzene rings is 1. The van der Waals surface area contributed by atoms with Crippen molar-refractivity contribution in [3.8, 4) is 0 Å². The number of esters is 1. The van der Waals surface area contributed by atoms with Crippen molar-refractivity contribution in [3.05, 3.63) is 28.5 Å². The van der Waals surface area contributed by atoms with Crippen LogP contribution in [0.15, 0.2) is 12.1 Å². The van der Waals surface area contributed by atoms with Crippen LogP contribution in [0.4, 0.5) is 14.9 Å². The molecule has 1 aromatic carbocycles. The van der Waals surface area contributed by atoms with Gasteiger partial charge in [-0.1, -0.05) is 11.6 Å². The van der Waals surface area contributed by atoms with Gasteiger partial charge in [-0.2, -0.15) is 0 Å². The molecule has 0 unspecified atom stereocenters. The lowest BCUT2D eigenvalue weighted by atomic mass is 10.2. The Labute approximate surface area is 121 Å². The fourth-order valence-corrected chi connectivity index (χ4v) is 1.58. The van der Waals surface area contributed by atoms with E-state index < -0.39 is 17.9 Å². The molecule has 0 spiro atoms. The molecular weight excluding hydrogens is 289 g/mol. The molecule has 0 aromatic heterocycles. The summed E-state index contributed by atoms with van der Waals surface area (Å²) in [6.07, 6.45) is -1.16. The first-order valence-electron chi connectivity index (χ1n) is 5.99. The number of hydrogen-bond acceptors (Lipinski definition) is 4. The summed E-state index contributed by atoms with van der Waals surface area (Å²) in [4.78, 5) is 23.0. The van der Waals surface area contributed by atoms with E-state index in [4.69, 9.17) is 16.3 Å². The zero-order valence-corrected chi connectivity index (χ0v) is 12.1. The number of ether oxygens (including phenoxy) is 2. The second-order valence-electron chi connectivity index (χ2n) is 4.11. The van der Waals surface area contributed by atoms with E-state index in [2.05, 4.69) is 10.1 Å². The van der Waals surface area contributed by atoms with Crippen molar-refractivity contribution in [3.63, 3.8) is 0 Å². The monoisotopic (exact) mass is 303 g/mol. The lowest BCUT2D eigenvalue weighted by Gasteiger charge is -2.12. The molecular formula is C13H15ClFNO4. The maximum atomic E-state index is 13.7. The molecule has 5 nitrogen and oxygen atoms in total. The standard InChI is InChI=1S/C13H15ClFNO4/c1-4-19-13(18)16-11-5-8(9(14)6-10(11)15)12(17)20-7(2)3/h5-7H,4H2,1-3H3,(H,16,18). The molecule has 0 aliphatic rings. The van der Waals surface area contributed by atoms with Crippen LogP contribution >= 0.6 is 11.6 Å². The van der Waals surface area contributed by atoms with Gasteiger partial charge < -0.3 is 9.47 Å². The zero-order valence-electron chi connectivity index (χ0n) is 11.3. The number of anilines is 1. The van der Waals surface area contributed by atoms with Crippen LogP contribution in [-0.2, 0) is 9.47 Å². The summed E-state index contributed by atoms with van der Waals surface area (Å²) in [5.41, 5.74) is -0.239. The topological polar surface area (TPSA) is 64.6 Å². The molecule has 110 valence electrons. The highest BCUT2D eigenvalue weighted by atomic mass is 35.5. The Morgan fingerprint density at radius 3 is 2.60 bits per heavy atom. The first-order valence-corrected chi connectivity index (χ1v) is 6.36. The lowest BCUT2D eigenvalue weighted by molar-refractivity contribution is 0.0378. The first kappa shape index (κ1) is 16.2. The van der Waals surface area contributed by atoms with Gasteiger partial charge in [0.1, 0.15) is 5.82 Å². The van der Waals surface area contributed by atoms with E-state index >= 15 is 0 Å². The van der Waals surface area contributed by atoms with Crippen LogP contribution in [0.2, 0.25) is 5.02 Å². The quantitative estimate of drug-likeness (QED) is 0.863. The zero-order chi connectivity index (χ0) is 15.3. The van der Waals surface area contributed by atoms with E-state index in [-0.39, 0.29) is 29.0 Å². The van der Waals surface area contributed by atoms with Crippen LogP contribution in [0.1, 0.15) is 31.1 Å². The fraction of sp³-hybridized carbons (Fsp3) is 0.385. The van der Waals surface area contributed by atoms with Crippen LogP contribution in [0, 0.1) is 5.82 Å². The molecule has 0 bridgehead atoms. The number of halogens is 2. The molecule has 1 N–H and O–H groups in total. The second-order valence-corrected chi connectivity index (χ2v) is 4.52. The Kier molecular flexibility index (Phi) is 5.76. The van der Waals surface area contributed by atoms with Crippen molar-refractivity contribution in [1.29, 1.82) is 0 Å². The number of amides is 1. The summed E-state index contributed by atoms with van der Waals surface area (Å²) >= 11 is 5.79. The van der Waals surface area contributed by atoms with Crippen LogP contribution in [0.3, 0.4) is 0 Å². The van der Waals surface area contributed by atoms with Gasteiger partial charge in [0.15, 0.2) is 0 Å². The van der Waals surface area contributed by atoms with Crippen LogP contribution in [0.5, 0.6) is 0 Å². The normalized spacial score (nSPS) is 10.3. The molecule has 1 aromatic rings. The van der Waals surface area contributed by atoms with Crippen molar-refractivity contribution < 1.29 is 23.5 Å². The number of nitrogens with one attached hydrogen (secondary N) is 1. The molecule has 0 saturated heterocycles. The third-order valence-corrected chi connectivity index (χ3v) is 2.44. The van der Waals surface area contributed by atoms with Gasteiger partial charge in [-0.25, -0.2) is 14.0 Å². The molecule has 1 amide bonds. The minimum Gasteiger partial charge on any atom is -0.459 e. The lowest BCUT2D eigenvalue weighted by Crippen LogP contribution is -2.16. The molecule has 0 saturated carbocycles. The van der Waals surface area contributed by atoms with Gasteiger partial charge in [0, 0.05) is 0 Å². The fourth-order valence-electron chi connectivity index (χ4n) is 1.36. The van der Waals surface area contributed by atoms with Gasteiger partial charge in [-0.3, -0.25) is 5.32 Å². The maximum Gasteiger partial charge on any atom is 0.411 e. The van der Waals surface area contributed by atoms with E-state index in [9.17, 15) is 14.0 Å². The van der Waals surface area contributed by atoms with Crippen molar-refractivity contribution in [2.75, 3.05) is 11.9 Å². The minimum absolute atomic E-state index is 0.0337. The highest BCUT2D eigenvalue weighted by Crippen LogP contribution is 2.25. The van der Waals surface area contributed by atoms with Crippen molar-refractivity contribution in [1.82, 2.24) is 0 Å². The Morgan fingerprint density at radius 1 is 1.40 bits per heavy atom. The Hall–Kier alpha value is -1.82. The molecule has 1 rings (SSSR count). The first-order chi connectivity index (χ1) is 9.35. The molecule has 7 heteroatoms. The second kappa shape index (κ2) is 7.09. The molecule has 0 heterocycles. The predicted octanol–water partition coefficient (Wildman–Crippen LogP) is 3.61. The molecule has 0 radical (unpaired) electrons.